The third-order valence-electron chi connectivity index (χ3n) is 3.13. The van der Waals surface area contributed by atoms with Crippen molar-refractivity contribution in [2.24, 2.45) is 0 Å². The van der Waals surface area contributed by atoms with Gasteiger partial charge in [-0.05, 0) is 61.9 Å². The predicted octanol–water partition coefficient (Wildman–Crippen LogP) is 5.04. The summed E-state index contributed by atoms with van der Waals surface area (Å²) in [6, 6.07) is 15.5. The normalized spacial score (nSPS) is 12.3. The lowest BCUT2D eigenvalue weighted by Gasteiger charge is -2.14. The molecule has 0 saturated carbocycles. The molecule has 0 amide bonds. The van der Waals surface area contributed by atoms with Gasteiger partial charge in [0.2, 0.25) is 0 Å². The number of nitrogens with one attached hydrogen (secondary N) is 1. The first kappa shape index (κ1) is 15.1. The van der Waals surface area contributed by atoms with Gasteiger partial charge in [0, 0.05) is 15.8 Å². The van der Waals surface area contributed by atoms with Gasteiger partial charge in [-0.15, -0.1) is 0 Å². The van der Waals surface area contributed by atoms with Gasteiger partial charge in [-0.2, -0.15) is 0 Å². The lowest BCUT2D eigenvalue weighted by Crippen LogP contribution is -2.19. The summed E-state index contributed by atoms with van der Waals surface area (Å²) in [6.07, 6.45) is 1.14. The largest absolute Gasteiger partial charge is 0.310 e. The number of rotatable bonds is 6. The number of benzene rings is 2. The molecule has 1 atom stereocenters. The van der Waals surface area contributed by atoms with Crippen LogP contribution in [0.5, 0.6) is 0 Å². The van der Waals surface area contributed by atoms with Gasteiger partial charge >= 0.3 is 0 Å². The van der Waals surface area contributed by atoms with Crippen molar-refractivity contribution in [2.45, 2.75) is 36.1 Å². The van der Waals surface area contributed by atoms with E-state index in [1.54, 1.807) is 23.9 Å². The fourth-order valence-electron chi connectivity index (χ4n) is 1.94. The first-order valence-electron chi connectivity index (χ1n) is 6.96. The van der Waals surface area contributed by atoms with Gasteiger partial charge in [0.25, 0.3) is 0 Å². The van der Waals surface area contributed by atoms with Crippen LogP contribution in [-0.4, -0.2) is 6.54 Å². The Bertz CT molecular complexity index is 522. The quantitative estimate of drug-likeness (QED) is 0.799. The molecule has 3 heteroatoms. The molecule has 0 bridgehead atoms. The molecule has 0 heterocycles. The second kappa shape index (κ2) is 7.46. The van der Waals surface area contributed by atoms with Crippen LogP contribution in [0.2, 0.25) is 0 Å². The third-order valence-corrected chi connectivity index (χ3v) is 4.15. The molecule has 0 fully saturated rings. The summed E-state index contributed by atoms with van der Waals surface area (Å²) in [4.78, 5) is 2.22. The summed E-state index contributed by atoms with van der Waals surface area (Å²) in [5, 5.41) is 3.48. The smallest absolute Gasteiger partial charge is 0.123 e. The minimum Gasteiger partial charge on any atom is -0.310 e. The maximum Gasteiger partial charge on any atom is 0.123 e. The zero-order chi connectivity index (χ0) is 14.4. The second-order valence-electron chi connectivity index (χ2n) is 4.80. The molecular weight excluding hydrogens is 269 g/mol. The van der Waals surface area contributed by atoms with Crippen LogP contribution in [0.25, 0.3) is 0 Å². The van der Waals surface area contributed by atoms with Gasteiger partial charge in [0.1, 0.15) is 5.82 Å². The van der Waals surface area contributed by atoms with Crippen molar-refractivity contribution in [2.75, 3.05) is 6.54 Å². The summed E-state index contributed by atoms with van der Waals surface area (Å²) >= 11 is 1.65. The highest BCUT2D eigenvalue weighted by atomic mass is 32.2. The van der Waals surface area contributed by atoms with Crippen LogP contribution in [0.4, 0.5) is 4.39 Å². The Kier molecular flexibility index (Phi) is 5.62. The molecule has 1 nitrogen and oxygen atoms in total. The van der Waals surface area contributed by atoms with Crippen molar-refractivity contribution in [3.63, 3.8) is 0 Å². The topological polar surface area (TPSA) is 12.0 Å². The van der Waals surface area contributed by atoms with E-state index < -0.39 is 0 Å². The van der Waals surface area contributed by atoms with Gasteiger partial charge in [-0.25, -0.2) is 4.39 Å². The van der Waals surface area contributed by atoms with E-state index in [0.717, 1.165) is 17.9 Å². The van der Waals surface area contributed by atoms with Crippen molar-refractivity contribution in [1.82, 2.24) is 5.32 Å². The van der Waals surface area contributed by atoms with Crippen LogP contribution in [0, 0.1) is 5.82 Å². The molecule has 0 aliphatic rings. The van der Waals surface area contributed by atoms with Crippen LogP contribution < -0.4 is 5.32 Å². The Balaban J connectivity index is 1.99. The molecule has 0 aliphatic carbocycles. The van der Waals surface area contributed by atoms with Crippen molar-refractivity contribution >= 4 is 11.8 Å². The SMILES string of the molecule is CCCNC(C)c1ccc(Sc2ccc(F)cc2)cc1. The molecule has 2 rings (SSSR count). The van der Waals surface area contributed by atoms with Crippen LogP contribution in [0.15, 0.2) is 58.3 Å². The second-order valence-corrected chi connectivity index (χ2v) is 5.95. The highest BCUT2D eigenvalue weighted by Gasteiger charge is 2.04. The molecule has 1 N–H and O–H groups in total. The van der Waals surface area contributed by atoms with E-state index in [1.807, 2.05) is 0 Å². The van der Waals surface area contributed by atoms with E-state index in [2.05, 4.69) is 43.4 Å². The Hall–Kier alpha value is -1.32. The summed E-state index contributed by atoms with van der Waals surface area (Å²) in [5.74, 6) is -0.194. The fourth-order valence-corrected chi connectivity index (χ4v) is 2.76. The zero-order valence-electron chi connectivity index (χ0n) is 11.9. The van der Waals surface area contributed by atoms with E-state index in [9.17, 15) is 4.39 Å². The average Bonchev–Trinajstić information content (AvgIpc) is 2.48. The molecule has 1 unspecified atom stereocenters. The molecule has 0 radical (unpaired) electrons. The molecule has 2 aromatic rings. The predicted molar refractivity (Wildman–Crippen MR) is 83.7 cm³/mol. The molecule has 0 spiro atoms. The highest BCUT2D eigenvalue weighted by Crippen LogP contribution is 2.28. The molecule has 2 aromatic carbocycles. The van der Waals surface area contributed by atoms with Crippen LogP contribution in [0.3, 0.4) is 0 Å². The Morgan fingerprint density at radius 3 is 2.10 bits per heavy atom. The summed E-state index contributed by atoms with van der Waals surface area (Å²) < 4.78 is 12.9. The summed E-state index contributed by atoms with van der Waals surface area (Å²) in [5.41, 5.74) is 1.29. The van der Waals surface area contributed by atoms with Crippen LogP contribution >= 0.6 is 11.8 Å². The first-order chi connectivity index (χ1) is 9.69. The van der Waals surface area contributed by atoms with Crippen LogP contribution in [-0.2, 0) is 0 Å². The first-order valence-corrected chi connectivity index (χ1v) is 7.77. The number of hydrogen-bond acceptors (Lipinski definition) is 2. The maximum atomic E-state index is 12.9. The Morgan fingerprint density at radius 1 is 1.00 bits per heavy atom. The van der Waals surface area contributed by atoms with Crippen molar-refractivity contribution < 1.29 is 4.39 Å². The Morgan fingerprint density at radius 2 is 1.55 bits per heavy atom. The summed E-state index contributed by atoms with van der Waals surface area (Å²) in [7, 11) is 0. The zero-order valence-corrected chi connectivity index (χ0v) is 12.7. The molecule has 20 heavy (non-hydrogen) atoms. The molecule has 0 aromatic heterocycles. The Labute approximate surface area is 124 Å². The number of hydrogen-bond donors (Lipinski definition) is 1. The maximum absolute atomic E-state index is 12.9. The van der Waals surface area contributed by atoms with E-state index in [1.165, 1.54) is 22.6 Å². The van der Waals surface area contributed by atoms with Crippen LogP contribution in [0.1, 0.15) is 31.9 Å². The molecule has 106 valence electrons. The average molecular weight is 289 g/mol. The lowest BCUT2D eigenvalue weighted by molar-refractivity contribution is 0.570. The van der Waals surface area contributed by atoms with Crippen molar-refractivity contribution in [3.8, 4) is 0 Å². The standard InChI is InChI=1S/C17H20FNS/c1-3-12-19-13(2)14-4-8-16(9-5-14)20-17-10-6-15(18)7-11-17/h4-11,13,19H,3,12H2,1-2H3. The van der Waals surface area contributed by atoms with E-state index in [0.29, 0.717) is 6.04 Å². The van der Waals surface area contributed by atoms with Gasteiger partial charge in [-0.1, -0.05) is 30.8 Å². The minimum absolute atomic E-state index is 0.194. The van der Waals surface area contributed by atoms with Gasteiger partial charge in [-0.3, -0.25) is 0 Å². The number of halogens is 1. The summed E-state index contributed by atoms with van der Waals surface area (Å²) in [6.45, 7) is 5.38. The van der Waals surface area contributed by atoms with E-state index in [-0.39, 0.29) is 5.82 Å². The monoisotopic (exact) mass is 289 g/mol. The van der Waals surface area contributed by atoms with Crippen molar-refractivity contribution in [3.05, 3.63) is 59.9 Å². The van der Waals surface area contributed by atoms with E-state index >= 15 is 0 Å². The molecule has 0 aliphatic heterocycles. The van der Waals surface area contributed by atoms with Crippen molar-refractivity contribution in [1.29, 1.82) is 0 Å². The van der Waals surface area contributed by atoms with Gasteiger partial charge in [0.05, 0.1) is 0 Å². The molecule has 0 saturated heterocycles. The minimum atomic E-state index is -0.194. The van der Waals surface area contributed by atoms with Gasteiger partial charge < -0.3 is 5.32 Å². The van der Waals surface area contributed by atoms with E-state index in [4.69, 9.17) is 0 Å². The van der Waals surface area contributed by atoms with Gasteiger partial charge in [0.15, 0.2) is 0 Å². The lowest BCUT2D eigenvalue weighted by atomic mass is 10.1. The molecular formula is C17H20FNS. The fraction of sp³-hybridized carbons (Fsp3) is 0.294. The highest BCUT2D eigenvalue weighted by molar-refractivity contribution is 7.99. The third kappa shape index (κ3) is 4.36.